The van der Waals surface area contributed by atoms with Crippen molar-refractivity contribution in [2.45, 2.75) is 6.55 Å². The van der Waals surface area contributed by atoms with E-state index in [9.17, 15) is 13.6 Å². The third kappa shape index (κ3) is 3.34. The number of hydrogen-bond donors (Lipinski definition) is 1. The summed E-state index contributed by atoms with van der Waals surface area (Å²) >= 11 is 6.03. The number of fused-ring (bicyclic) bond motifs is 1. The van der Waals surface area contributed by atoms with Crippen LogP contribution in [-0.4, -0.2) is 15.5 Å². The van der Waals surface area contributed by atoms with Crippen molar-refractivity contribution >= 4 is 34.2 Å². The van der Waals surface area contributed by atoms with Crippen LogP contribution >= 0.6 is 11.6 Å². The molecule has 1 amide bonds. The Labute approximate surface area is 164 Å². The summed E-state index contributed by atoms with van der Waals surface area (Å²) in [6.45, 7) is -2.72. The van der Waals surface area contributed by atoms with Crippen molar-refractivity contribution in [3.05, 3.63) is 83.4 Å². The van der Waals surface area contributed by atoms with Crippen molar-refractivity contribution in [3.63, 3.8) is 0 Å². The van der Waals surface area contributed by atoms with E-state index in [1.54, 1.807) is 72.8 Å². The molecule has 4 nitrogen and oxygen atoms in total. The van der Waals surface area contributed by atoms with E-state index in [1.165, 1.54) is 0 Å². The second kappa shape index (κ2) is 7.40. The fourth-order valence-corrected chi connectivity index (χ4v) is 3.21. The first-order chi connectivity index (χ1) is 13.5. The SMILES string of the molecule is O=C(Nc1ccc(-c2nc3ccccc3n2C(F)F)cc1)c1ccccc1Cl. The van der Waals surface area contributed by atoms with E-state index >= 15 is 0 Å². The minimum absolute atomic E-state index is 0.167. The molecule has 1 heterocycles. The molecule has 0 spiro atoms. The summed E-state index contributed by atoms with van der Waals surface area (Å²) in [6, 6.07) is 20.0. The van der Waals surface area contributed by atoms with Crippen LogP contribution in [0, 0.1) is 0 Å². The number of hydrogen-bond acceptors (Lipinski definition) is 2. The van der Waals surface area contributed by atoms with Crippen LogP contribution in [0.3, 0.4) is 0 Å². The predicted octanol–water partition coefficient (Wildman–Crippen LogP) is 6.00. The van der Waals surface area contributed by atoms with Gasteiger partial charge in [-0.2, -0.15) is 8.78 Å². The average molecular weight is 398 g/mol. The van der Waals surface area contributed by atoms with Crippen LogP contribution in [0.2, 0.25) is 5.02 Å². The summed E-state index contributed by atoms with van der Waals surface area (Å²) in [5.74, 6) is -0.182. The van der Waals surface area contributed by atoms with Crippen LogP contribution in [0.15, 0.2) is 72.8 Å². The van der Waals surface area contributed by atoms with Crippen molar-refractivity contribution in [3.8, 4) is 11.4 Å². The van der Waals surface area contributed by atoms with Gasteiger partial charge >= 0.3 is 6.55 Å². The van der Waals surface area contributed by atoms with Gasteiger partial charge in [-0.15, -0.1) is 0 Å². The monoisotopic (exact) mass is 397 g/mol. The molecule has 0 saturated carbocycles. The zero-order valence-corrected chi connectivity index (χ0v) is 15.2. The number of anilines is 1. The highest BCUT2D eigenvalue weighted by molar-refractivity contribution is 6.34. The molecule has 1 N–H and O–H groups in total. The summed E-state index contributed by atoms with van der Waals surface area (Å²) < 4.78 is 28.1. The number of aromatic nitrogens is 2. The number of rotatable bonds is 4. The molecular formula is C21H14ClF2N3O. The molecule has 140 valence electrons. The van der Waals surface area contributed by atoms with Crippen molar-refractivity contribution in [1.82, 2.24) is 9.55 Å². The van der Waals surface area contributed by atoms with E-state index in [2.05, 4.69) is 10.3 Å². The zero-order valence-electron chi connectivity index (χ0n) is 14.4. The number of para-hydroxylation sites is 2. The molecule has 1 aromatic heterocycles. The molecule has 4 aromatic rings. The maximum Gasteiger partial charge on any atom is 0.320 e. The van der Waals surface area contributed by atoms with E-state index in [0.717, 1.165) is 4.57 Å². The molecule has 0 aliphatic carbocycles. The van der Waals surface area contributed by atoms with E-state index in [4.69, 9.17) is 11.6 Å². The maximum atomic E-state index is 13.6. The van der Waals surface area contributed by atoms with E-state index in [-0.39, 0.29) is 11.7 Å². The lowest BCUT2D eigenvalue weighted by atomic mass is 10.1. The minimum atomic E-state index is -2.72. The average Bonchev–Trinajstić information content (AvgIpc) is 3.08. The number of carbonyl (C=O) groups is 1. The summed E-state index contributed by atoms with van der Waals surface area (Å²) in [6.07, 6.45) is 0. The molecule has 7 heteroatoms. The van der Waals surface area contributed by atoms with Crippen molar-refractivity contribution in [2.24, 2.45) is 0 Å². The number of amides is 1. The van der Waals surface area contributed by atoms with Gasteiger partial charge in [-0.25, -0.2) is 4.98 Å². The smallest absolute Gasteiger partial charge is 0.320 e. The summed E-state index contributed by atoms with van der Waals surface area (Å²) in [5, 5.41) is 3.09. The fourth-order valence-electron chi connectivity index (χ4n) is 2.99. The molecule has 0 bridgehead atoms. The lowest BCUT2D eigenvalue weighted by Crippen LogP contribution is -2.12. The van der Waals surface area contributed by atoms with Gasteiger partial charge in [0.05, 0.1) is 21.6 Å². The number of imidazole rings is 1. The predicted molar refractivity (Wildman–Crippen MR) is 106 cm³/mol. The van der Waals surface area contributed by atoms with Crippen LogP contribution in [-0.2, 0) is 0 Å². The number of nitrogens with zero attached hydrogens (tertiary/aromatic N) is 2. The van der Waals surface area contributed by atoms with Gasteiger partial charge in [0.25, 0.3) is 5.91 Å². The molecule has 0 fully saturated rings. The third-order valence-corrected chi connectivity index (χ3v) is 4.64. The molecule has 4 rings (SSSR count). The van der Waals surface area contributed by atoms with Crippen molar-refractivity contribution in [1.29, 1.82) is 0 Å². The number of halogens is 3. The van der Waals surface area contributed by atoms with Crippen molar-refractivity contribution < 1.29 is 13.6 Å². The number of benzene rings is 3. The van der Waals surface area contributed by atoms with Gasteiger partial charge in [-0.1, -0.05) is 35.9 Å². The lowest BCUT2D eigenvalue weighted by molar-refractivity contribution is 0.0764. The number of carbonyl (C=O) groups excluding carboxylic acids is 1. The Bertz CT molecular complexity index is 1160. The van der Waals surface area contributed by atoms with Crippen LogP contribution in [0.1, 0.15) is 16.9 Å². The van der Waals surface area contributed by atoms with Gasteiger partial charge in [-0.3, -0.25) is 9.36 Å². The summed E-state index contributed by atoms with van der Waals surface area (Å²) in [5.41, 5.74) is 2.26. The van der Waals surface area contributed by atoms with Crippen LogP contribution in [0.4, 0.5) is 14.5 Å². The zero-order chi connectivity index (χ0) is 19.7. The second-order valence-corrected chi connectivity index (χ2v) is 6.49. The summed E-state index contributed by atoms with van der Waals surface area (Å²) in [7, 11) is 0. The Morgan fingerprint density at radius 2 is 1.64 bits per heavy atom. The Hall–Kier alpha value is -3.25. The summed E-state index contributed by atoms with van der Waals surface area (Å²) in [4.78, 5) is 16.7. The molecule has 0 radical (unpaired) electrons. The highest BCUT2D eigenvalue weighted by atomic mass is 35.5. The van der Waals surface area contributed by atoms with Crippen LogP contribution in [0.5, 0.6) is 0 Å². The number of nitrogens with one attached hydrogen (secondary N) is 1. The minimum Gasteiger partial charge on any atom is -0.322 e. The van der Waals surface area contributed by atoms with Gasteiger partial charge in [0.2, 0.25) is 0 Å². The van der Waals surface area contributed by atoms with Crippen molar-refractivity contribution in [2.75, 3.05) is 5.32 Å². The first-order valence-corrected chi connectivity index (χ1v) is 8.84. The Morgan fingerprint density at radius 3 is 2.36 bits per heavy atom. The molecule has 0 aliphatic rings. The van der Waals surface area contributed by atoms with Gasteiger partial charge < -0.3 is 5.32 Å². The largest absolute Gasteiger partial charge is 0.322 e. The lowest BCUT2D eigenvalue weighted by Gasteiger charge is -2.10. The Kier molecular flexibility index (Phi) is 4.79. The topological polar surface area (TPSA) is 46.9 Å². The molecular weight excluding hydrogens is 384 g/mol. The Balaban J connectivity index is 1.64. The Morgan fingerprint density at radius 1 is 0.964 bits per heavy atom. The quantitative estimate of drug-likeness (QED) is 0.458. The van der Waals surface area contributed by atoms with E-state index in [1.807, 2.05) is 0 Å². The van der Waals surface area contributed by atoms with Crippen LogP contribution < -0.4 is 5.32 Å². The second-order valence-electron chi connectivity index (χ2n) is 6.08. The first-order valence-electron chi connectivity index (χ1n) is 8.46. The third-order valence-electron chi connectivity index (χ3n) is 4.31. The fraction of sp³-hybridized carbons (Fsp3) is 0.0476. The number of alkyl halides is 2. The van der Waals surface area contributed by atoms with E-state index in [0.29, 0.717) is 32.9 Å². The molecule has 3 aromatic carbocycles. The molecule has 0 saturated heterocycles. The molecule has 28 heavy (non-hydrogen) atoms. The highest BCUT2D eigenvalue weighted by Gasteiger charge is 2.19. The standard InChI is InChI=1S/C21H14ClF2N3O/c22-16-6-2-1-5-15(16)20(28)25-14-11-9-13(10-12-14)19-26-17-7-3-4-8-18(17)27(19)21(23)24/h1-12,21H,(H,25,28). The van der Waals surface area contributed by atoms with Gasteiger partial charge in [0.1, 0.15) is 5.82 Å². The van der Waals surface area contributed by atoms with Gasteiger partial charge in [0.15, 0.2) is 0 Å². The van der Waals surface area contributed by atoms with Gasteiger partial charge in [0, 0.05) is 11.3 Å². The van der Waals surface area contributed by atoms with E-state index < -0.39 is 6.55 Å². The molecule has 0 aliphatic heterocycles. The molecule has 0 unspecified atom stereocenters. The van der Waals surface area contributed by atoms with Crippen LogP contribution in [0.25, 0.3) is 22.4 Å². The normalized spacial score (nSPS) is 11.1. The maximum absolute atomic E-state index is 13.6. The molecule has 0 atom stereocenters. The van der Waals surface area contributed by atoms with Gasteiger partial charge in [-0.05, 0) is 48.5 Å². The highest BCUT2D eigenvalue weighted by Crippen LogP contribution is 2.30. The first kappa shape index (κ1) is 18.1.